The maximum atomic E-state index is 13.3. The summed E-state index contributed by atoms with van der Waals surface area (Å²) < 4.78 is 41.9. The van der Waals surface area contributed by atoms with E-state index in [-0.39, 0.29) is 41.4 Å². The van der Waals surface area contributed by atoms with E-state index in [2.05, 4.69) is 6.92 Å². The Bertz CT molecular complexity index is 1030. The number of hydrogen-bond donors (Lipinski definition) is 0. The fraction of sp³-hybridized carbons (Fsp3) is 0.808. The lowest BCUT2D eigenvalue weighted by molar-refractivity contribution is -0.183. The van der Waals surface area contributed by atoms with Crippen LogP contribution in [0.5, 0.6) is 0 Å². The Hall–Kier alpha value is -1.74. The molecule has 35 heavy (non-hydrogen) atoms. The molecule has 4 rings (SSSR count). The number of ketones is 1. The van der Waals surface area contributed by atoms with Gasteiger partial charge in [-0.2, -0.15) is 8.42 Å². The van der Waals surface area contributed by atoms with Gasteiger partial charge in [-0.15, -0.1) is 0 Å². The van der Waals surface area contributed by atoms with Crippen LogP contribution in [0.3, 0.4) is 0 Å². The molecule has 1 spiro atoms. The Balaban J connectivity index is 1.89. The van der Waals surface area contributed by atoms with E-state index in [0.29, 0.717) is 44.9 Å². The summed E-state index contributed by atoms with van der Waals surface area (Å²) >= 11 is 0. The van der Waals surface area contributed by atoms with Gasteiger partial charge >= 0.3 is 11.9 Å². The fourth-order valence-corrected chi connectivity index (χ4v) is 8.66. The van der Waals surface area contributed by atoms with Crippen molar-refractivity contribution >= 4 is 27.8 Å². The minimum atomic E-state index is -3.80. The summed E-state index contributed by atoms with van der Waals surface area (Å²) in [6, 6.07) is 0. The van der Waals surface area contributed by atoms with E-state index < -0.39 is 33.2 Å². The molecule has 0 radical (unpaired) electrons. The highest BCUT2D eigenvalue weighted by molar-refractivity contribution is 7.86. The second-order valence-electron chi connectivity index (χ2n) is 11.5. The highest BCUT2D eigenvalue weighted by atomic mass is 32.2. The van der Waals surface area contributed by atoms with Crippen molar-refractivity contribution in [3.05, 3.63) is 11.6 Å². The minimum Gasteiger partial charge on any atom is -0.469 e. The van der Waals surface area contributed by atoms with Crippen LogP contribution in [0.2, 0.25) is 0 Å². The topological polar surface area (TPSA) is 113 Å². The van der Waals surface area contributed by atoms with Gasteiger partial charge in [0, 0.05) is 18.3 Å². The summed E-state index contributed by atoms with van der Waals surface area (Å²) in [5, 5.41) is 0. The van der Waals surface area contributed by atoms with Crippen LogP contribution in [0.25, 0.3) is 0 Å². The number of esters is 2. The molecule has 0 aromatic rings. The summed E-state index contributed by atoms with van der Waals surface area (Å²) in [6.45, 7) is 5.97. The van der Waals surface area contributed by atoms with Crippen molar-refractivity contribution in [2.24, 2.45) is 35.0 Å². The van der Waals surface area contributed by atoms with Crippen molar-refractivity contribution < 1.29 is 36.5 Å². The van der Waals surface area contributed by atoms with Gasteiger partial charge < -0.3 is 9.47 Å². The number of hydrogen-bond acceptors (Lipinski definition) is 8. The smallest absolute Gasteiger partial charge is 0.309 e. The molecule has 3 fully saturated rings. The lowest BCUT2D eigenvalue weighted by Crippen LogP contribution is -2.59. The molecule has 8 nitrogen and oxygen atoms in total. The molecule has 0 bridgehead atoms. The standard InChI is InChI=1S/C26H38O8S/c1-15-12-17(27)7-6-16(2)22-20(34-35(5,30)31)14-25(3)19(23(22)18(13-15)24(29)32-4)8-10-26(25)11-9-21(28)33-26/h12,16,18-20,22-23H,6-11,13-14H2,1-5H3/b15-12+/t16-,18+,19-,20+,22?,23-,25-,26+/m0/s1. The number of carbonyl (C=O) groups is 3. The molecule has 9 heteroatoms. The Kier molecular flexibility index (Phi) is 6.99. The number of carbonyl (C=O) groups excluding carboxylic acids is 3. The molecule has 0 aromatic heterocycles. The van der Waals surface area contributed by atoms with Crippen molar-refractivity contribution in [2.75, 3.05) is 13.4 Å². The predicted octanol–water partition coefficient (Wildman–Crippen LogP) is 3.58. The number of fused-ring (bicyclic) bond motifs is 4. The van der Waals surface area contributed by atoms with Gasteiger partial charge in [-0.1, -0.05) is 19.4 Å². The SMILES string of the molecule is COC(=O)[C@@H]1C/C(C)=C/C(=O)CC[C@H](C)C2[C@@H]1[C@@H]1CC[C@@]3(CCC(=O)O3)[C@@]1(C)C[C@H]2OS(C)(=O)=O. The molecule has 0 amide bonds. The van der Waals surface area contributed by atoms with Crippen LogP contribution in [-0.2, 0) is 38.2 Å². The maximum Gasteiger partial charge on any atom is 0.309 e. The highest BCUT2D eigenvalue weighted by Gasteiger charge is 2.69. The molecule has 2 saturated carbocycles. The molecule has 3 aliphatic carbocycles. The first-order valence-corrected chi connectivity index (χ1v) is 14.5. The largest absolute Gasteiger partial charge is 0.469 e. The predicted molar refractivity (Wildman–Crippen MR) is 127 cm³/mol. The molecule has 1 unspecified atom stereocenters. The summed E-state index contributed by atoms with van der Waals surface area (Å²) in [6.07, 6.45) is 6.10. The van der Waals surface area contributed by atoms with E-state index in [1.54, 1.807) is 6.08 Å². The Morgan fingerprint density at radius 2 is 1.86 bits per heavy atom. The third-order valence-electron chi connectivity index (χ3n) is 9.44. The summed E-state index contributed by atoms with van der Waals surface area (Å²) in [5.74, 6) is -1.67. The van der Waals surface area contributed by atoms with Gasteiger partial charge in [-0.3, -0.25) is 18.6 Å². The zero-order valence-corrected chi connectivity index (χ0v) is 22.2. The normalized spacial score (nSPS) is 43.6. The first-order valence-electron chi connectivity index (χ1n) is 12.7. The average Bonchev–Trinajstić information content (AvgIpc) is 3.27. The van der Waals surface area contributed by atoms with Crippen LogP contribution in [0.15, 0.2) is 11.6 Å². The van der Waals surface area contributed by atoms with Gasteiger partial charge in [-0.25, -0.2) is 0 Å². The monoisotopic (exact) mass is 510 g/mol. The lowest BCUT2D eigenvalue weighted by Gasteiger charge is -2.56. The van der Waals surface area contributed by atoms with Gasteiger partial charge in [0.25, 0.3) is 10.1 Å². The zero-order chi connectivity index (χ0) is 25.8. The van der Waals surface area contributed by atoms with E-state index in [1.807, 2.05) is 13.8 Å². The van der Waals surface area contributed by atoms with E-state index in [1.165, 1.54) is 7.11 Å². The molecule has 196 valence electrons. The molecule has 4 aliphatic rings. The summed E-state index contributed by atoms with van der Waals surface area (Å²) in [5.41, 5.74) is -0.412. The van der Waals surface area contributed by atoms with Gasteiger partial charge in [0.2, 0.25) is 0 Å². The van der Waals surface area contributed by atoms with E-state index in [9.17, 15) is 22.8 Å². The zero-order valence-electron chi connectivity index (χ0n) is 21.4. The van der Waals surface area contributed by atoms with Gasteiger partial charge in [0.1, 0.15) is 5.60 Å². The Labute approximate surface area is 208 Å². The van der Waals surface area contributed by atoms with Crippen molar-refractivity contribution in [1.29, 1.82) is 0 Å². The molecule has 1 heterocycles. The van der Waals surface area contributed by atoms with Crippen LogP contribution in [-0.4, -0.2) is 51.2 Å². The molecule has 8 atom stereocenters. The molecule has 1 aliphatic heterocycles. The molecular formula is C26H38O8S. The second-order valence-corrected chi connectivity index (χ2v) is 13.1. The van der Waals surface area contributed by atoms with E-state index in [0.717, 1.165) is 18.2 Å². The van der Waals surface area contributed by atoms with Crippen LogP contribution in [0, 0.1) is 35.0 Å². The number of allylic oxidation sites excluding steroid dienone is 2. The minimum absolute atomic E-state index is 0.00957. The highest BCUT2D eigenvalue weighted by Crippen LogP contribution is 2.67. The van der Waals surface area contributed by atoms with Gasteiger partial charge in [0.15, 0.2) is 5.78 Å². The second kappa shape index (κ2) is 9.29. The third kappa shape index (κ3) is 4.70. The third-order valence-corrected chi connectivity index (χ3v) is 10.0. The first kappa shape index (κ1) is 26.3. The van der Waals surface area contributed by atoms with Crippen LogP contribution in [0.4, 0.5) is 0 Å². The number of ether oxygens (including phenoxy) is 2. The molecular weight excluding hydrogens is 472 g/mol. The van der Waals surface area contributed by atoms with Gasteiger partial charge in [0.05, 0.1) is 25.4 Å². The lowest BCUT2D eigenvalue weighted by atomic mass is 9.50. The van der Waals surface area contributed by atoms with Crippen LogP contribution < -0.4 is 0 Å². The molecule has 0 N–H and O–H groups in total. The van der Waals surface area contributed by atoms with Crippen LogP contribution >= 0.6 is 0 Å². The quantitative estimate of drug-likeness (QED) is 0.418. The van der Waals surface area contributed by atoms with Crippen molar-refractivity contribution in [3.8, 4) is 0 Å². The maximum absolute atomic E-state index is 13.3. The van der Waals surface area contributed by atoms with Crippen molar-refractivity contribution in [1.82, 2.24) is 0 Å². The Morgan fingerprint density at radius 3 is 2.46 bits per heavy atom. The van der Waals surface area contributed by atoms with Gasteiger partial charge in [-0.05, 0) is 75.2 Å². The number of methoxy groups -OCH3 is 1. The van der Waals surface area contributed by atoms with Crippen molar-refractivity contribution in [2.45, 2.75) is 83.8 Å². The first-order chi connectivity index (χ1) is 16.3. The van der Waals surface area contributed by atoms with E-state index >= 15 is 0 Å². The molecule has 1 saturated heterocycles. The summed E-state index contributed by atoms with van der Waals surface area (Å²) in [4.78, 5) is 38.1. The average molecular weight is 511 g/mol. The fourth-order valence-electron chi connectivity index (χ4n) is 8.02. The van der Waals surface area contributed by atoms with Crippen LogP contribution in [0.1, 0.15) is 72.1 Å². The Morgan fingerprint density at radius 1 is 1.14 bits per heavy atom. The van der Waals surface area contributed by atoms with E-state index in [4.69, 9.17) is 13.7 Å². The number of rotatable bonds is 3. The molecule has 0 aromatic carbocycles. The summed E-state index contributed by atoms with van der Waals surface area (Å²) in [7, 11) is -2.44. The van der Waals surface area contributed by atoms with Crippen molar-refractivity contribution in [3.63, 3.8) is 0 Å².